The molecule has 0 saturated heterocycles. The van der Waals surface area contributed by atoms with Crippen molar-refractivity contribution >= 4 is 0 Å². The van der Waals surface area contributed by atoms with Gasteiger partial charge in [-0.15, -0.1) is 0 Å². The molecule has 7 heteroatoms. The van der Waals surface area contributed by atoms with E-state index < -0.39 is 0 Å². The fourth-order valence-electron chi connectivity index (χ4n) is 1.34. The highest BCUT2D eigenvalue weighted by molar-refractivity contribution is 5.39. The summed E-state index contributed by atoms with van der Waals surface area (Å²) in [5, 5.41) is 10.9. The fraction of sp³-hybridized carbons (Fsp3) is 0.300. The molecular weight excluding hydrogens is 222 g/mol. The smallest absolute Gasteiger partial charge is 0.340 e. The van der Waals surface area contributed by atoms with E-state index in [-0.39, 0.29) is 0 Å². The van der Waals surface area contributed by atoms with Crippen molar-refractivity contribution < 1.29 is 9.47 Å². The van der Waals surface area contributed by atoms with Crippen molar-refractivity contribution in [2.75, 3.05) is 7.11 Å². The van der Waals surface area contributed by atoms with Gasteiger partial charge in [0.25, 0.3) is 0 Å². The number of hydrogen-bond acceptors (Lipinski definition) is 6. The minimum absolute atomic E-state index is 0.307. The first-order valence-corrected chi connectivity index (χ1v) is 5.01. The van der Waals surface area contributed by atoms with Crippen molar-refractivity contribution in [3.8, 4) is 17.5 Å². The van der Waals surface area contributed by atoms with Gasteiger partial charge in [-0.2, -0.15) is 4.68 Å². The van der Waals surface area contributed by atoms with Gasteiger partial charge in [-0.25, -0.2) is 0 Å². The first-order chi connectivity index (χ1) is 8.22. The van der Waals surface area contributed by atoms with Crippen LogP contribution in [0.5, 0.6) is 17.5 Å². The maximum absolute atomic E-state index is 5.59. The van der Waals surface area contributed by atoms with Crippen LogP contribution in [0.2, 0.25) is 0 Å². The molecule has 7 nitrogen and oxygen atoms in total. The highest BCUT2D eigenvalue weighted by Crippen LogP contribution is 2.25. The number of aryl methyl sites for hydroxylation is 1. The third-order valence-electron chi connectivity index (χ3n) is 2.20. The zero-order valence-electron chi connectivity index (χ0n) is 9.62. The summed E-state index contributed by atoms with van der Waals surface area (Å²) in [4.78, 5) is 0. The molecule has 0 unspecified atom stereocenters. The van der Waals surface area contributed by atoms with Crippen molar-refractivity contribution in [3.63, 3.8) is 0 Å². The Morgan fingerprint density at radius 1 is 1.29 bits per heavy atom. The molecule has 0 aliphatic heterocycles. The minimum atomic E-state index is 0.307. The lowest BCUT2D eigenvalue weighted by atomic mass is 10.2. The average molecular weight is 235 g/mol. The fourth-order valence-corrected chi connectivity index (χ4v) is 1.34. The number of tetrazole rings is 1. The molecule has 17 heavy (non-hydrogen) atoms. The number of ether oxygens (including phenoxy) is 2. The molecule has 0 spiro atoms. The number of nitrogens with zero attached hydrogens (tertiary/aromatic N) is 4. The summed E-state index contributed by atoms with van der Waals surface area (Å²) in [6.45, 7) is 0.407. The van der Waals surface area contributed by atoms with Crippen molar-refractivity contribution in [2.24, 2.45) is 12.8 Å². The number of aromatic nitrogens is 4. The lowest BCUT2D eigenvalue weighted by Crippen LogP contribution is -2.00. The molecule has 1 aromatic heterocycles. The molecule has 0 fully saturated rings. The van der Waals surface area contributed by atoms with Gasteiger partial charge in [0.2, 0.25) is 0 Å². The summed E-state index contributed by atoms with van der Waals surface area (Å²) in [6, 6.07) is 5.72. The van der Waals surface area contributed by atoms with Crippen molar-refractivity contribution in [2.45, 2.75) is 6.54 Å². The largest absolute Gasteiger partial charge is 0.497 e. The summed E-state index contributed by atoms with van der Waals surface area (Å²) in [7, 11) is 3.28. The summed E-state index contributed by atoms with van der Waals surface area (Å²) >= 11 is 0. The summed E-state index contributed by atoms with van der Waals surface area (Å²) in [5.74, 6) is 1.26. The van der Waals surface area contributed by atoms with E-state index in [1.807, 2.05) is 12.1 Å². The third-order valence-corrected chi connectivity index (χ3v) is 2.20. The van der Waals surface area contributed by atoms with Crippen LogP contribution in [0.15, 0.2) is 18.2 Å². The average Bonchev–Trinajstić information content (AvgIpc) is 2.74. The zero-order chi connectivity index (χ0) is 12.3. The van der Waals surface area contributed by atoms with Crippen LogP contribution >= 0.6 is 0 Å². The Hall–Kier alpha value is -2.15. The highest BCUT2D eigenvalue weighted by atomic mass is 16.5. The van der Waals surface area contributed by atoms with E-state index in [1.54, 1.807) is 20.2 Å². The molecule has 2 rings (SSSR count). The predicted octanol–water partition coefficient (Wildman–Crippen LogP) is 0.470. The van der Waals surface area contributed by atoms with Crippen LogP contribution in [-0.4, -0.2) is 27.3 Å². The minimum Gasteiger partial charge on any atom is -0.497 e. The van der Waals surface area contributed by atoms with Crippen LogP contribution < -0.4 is 15.2 Å². The SMILES string of the molecule is COc1cc(CN)cc(Oc2nnnn2C)c1. The number of methoxy groups -OCH3 is 1. The summed E-state index contributed by atoms with van der Waals surface area (Å²) in [6.07, 6.45) is 0. The van der Waals surface area contributed by atoms with E-state index in [0.717, 1.165) is 5.56 Å². The normalized spacial score (nSPS) is 10.3. The molecule has 0 saturated carbocycles. The van der Waals surface area contributed by atoms with Crippen molar-refractivity contribution in [1.82, 2.24) is 20.2 Å². The Labute approximate surface area is 98.1 Å². The van der Waals surface area contributed by atoms with Gasteiger partial charge in [-0.05, 0) is 28.1 Å². The van der Waals surface area contributed by atoms with Gasteiger partial charge in [0.05, 0.1) is 7.11 Å². The molecule has 0 aliphatic rings. The number of hydrogen-bond donors (Lipinski definition) is 1. The van der Waals surface area contributed by atoms with Gasteiger partial charge < -0.3 is 15.2 Å². The summed E-state index contributed by atoms with van der Waals surface area (Å²) in [5.41, 5.74) is 6.50. The first kappa shape index (κ1) is 11.3. The molecule has 90 valence electrons. The molecule has 2 aromatic rings. The van der Waals surface area contributed by atoms with E-state index in [2.05, 4.69) is 15.5 Å². The zero-order valence-corrected chi connectivity index (χ0v) is 9.62. The first-order valence-electron chi connectivity index (χ1n) is 5.01. The van der Waals surface area contributed by atoms with Crippen LogP contribution in [0.4, 0.5) is 0 Å². The van der Waals surface area contributed by atoms with Gasteiger partial charge in [0, 0.05) is 19.7 Å². The van der Waals surface area contributed by atoms with Gasteiger partial charge in [-0.1, -0.05) is 5.10 Å². The maximum atomic E-state index is 5.59. The number of nitrogens with two attached hydrogens (primary N) is 1. The van der Waals surface area contributed by atoms with Crippen LogP contribution in [0.1, 0.15) is 5.56 Å². The summed E-state index contributed by atoms with van der Waals surface area (Å²) < 4.78 is 12.1. The van der Waals surface area contributed by atoms with Crippen LogP contribution in [0.25, 0.3) is 0 Å². The molecule has 2 N–H and O–H groups in total. The Morgan fingerprint density at radius 2 is 2.06 bits per heavy atom. The molecule has 1 aromatic carbocycles. The lowest BCUT2D eigenvalue weighted by Gasteiger charge is -2.08. The molecular formula is C10H13N5O2. The number of benzene rings is 1. The maximum Gasteiger partial charge on any atom is 0.340 e. The Morgan fingerprint density at radius 3 is 2.65 bits per heavy atom. The molecule has 0 aliphatic carbocycles. The quantitative estimate of drug-likeness (QED) is 0.828. The molecule has 0 amide bonds. The monoisotopic (exact) mass is 235 g/mol. The van der Waals surface area contributed by atoms with Crippen LogP contribution in [0, 0.1) is 0 Å². The van der Waals surface area contributed by atoms with E-state index in [4.69, 9.17) is 15.2 Å². The number of rotatable bonds is 4. The molecule has 0 radical (unpaired) electrons. The van der Waals surface area contributed by atoms with Gasteiger partial charge in [0.1, 0.15) is 11.5 Å². The topological polar surface area (TPSA) is 88.1 Å². The van der Waals surface area contributed by atoms with E-state index in [1.165, 1.54) is 4.68 Å². The van der Waals surface area contributed by atoms with E-state index >= 15 is 0 Å². The van der Waals surface area contributed by atoms with Crippen LogP contribution in [0.3, 0.4) is 0 Å². The predicted molar refractivity (Wildman–Crippen MR) is 59.8 cm³/mol. The van der Waals surface area contributed by atoms with Gasteiger partial charge in [-0.3, -0.25) is 0 Å². The lowest BCUT2D eigenvalue weighted by molar-refractivity contribution is 0.395. The van der Waals surface area contributed by atoms with Crippen molar-refractivity contribution in [3.05, 3.63) is 23.8 Å². The van der Waals surface area contributed by atoms with E-state index in [9.17, 15) is 0 Å². The van der Waals surface area contributed by atoms with Crippen LogP contribution in [-0.2, 0) is 13.6 Å². The Balaban J connectivity index is 2.29. The highest BCUT2D eigenvalue weighted by Gasteiger charge is 2.07. The van der Waals surface area contributed by atoms with Gasteiger partial charge >= 0.3 is 6.01 Å². The van der Waals surface area contributed by atoms with E-state index in [0.29, 0.717) is 24.1 Å². The molecule has 1 heterocycles. The molecule has 0 atom stereocenters. The van der Waals surface area contributed by atoms with Gasteiger partial charge in [0.15, 0.2) is 0 Å². The second-order valence-corrected chi connectivity index (χ2v) is 3.41. The Kier molecular flexibility index (Phi) is 3.20. The van der Waals surface area contributed by atoms with Crippen molar-refractivity contribution in [1.29, 1.82) is 0 Å². The third kappa shape index (κ3) is 2.51. The second-order valence-electron chi connectivity index (χ2n) is 3.41. The second kappa shape index (κ2) is 4.79. The molecule has 0 bridgehead atoms. The Bertz CT molecular complexity index is 489. The standard InChI is InChI=1S/C10H13N5O2/c1-15-10(12-13-14-15)17-9-4-7(6-11)3-8(5-9)16-2/h3-5H,6,11H2,1-2H3.